The molecule has 0 atom stereocenters. The number of rotatable bonds is 8. The van der Waals surface area contributed by atoms with Crippen molar-refractivity contribution in [3.05, 3.63) is 65.2 Å². The van der Waals surface area contributed by atoms with E-state index in [0.29, 0.717) is 36.8 Å². The Hall–Kier alpha value is -2.71. The summed E-state index contributed by atoms with van der Waals surface area (Å²) in [6.07, 6.45) is 7.93. The van der Waals surface area contributed by atoms with E-state index in [1.54, 1.807) is 28.6 Å². The minimum Gasteiger partial charge on any atom is -0.349 e. The maximum Gasteiger partial charge on any atom is 0.254 e. The third kappa shape index (κ3) is 5.76. The molecule has 7 nitrogen and oxygen atoms in total. The molecule has 2 amide bonds. The molecule has 2 aliphatic carbocycles. The molecule has 186 valence electrons. The maximum absolute atomic E-state index is 13.3. The number of amides is 2. The molecule has 1 aliphatic heterocycles. The number of benzene rings is 2. The molecule has 0 radical (unpaired) electrons. The average molecular weight is 496 g/mol. The van der Waals surface area contributed by atoms with E-state index in [9.17, 15) is 18.0 Å². The molecule has 3 aliphatic rings. The minimum atomic E-state index is -3.54. The van der Waals surface area contributed by atoms with Gasteiger partial charge in [0.1, 0.15) is 0 Å². The normalized spacial score (nSPS) is 19.1. The molecule has 0 spiro atoms. The number of nitrogens with zero attached hydrogens (tertiary/aromatic N) is 2. The van der Waals surface area contributed by atoms with Crippen molar-refractivity contribution in [2.75, 3.05) is 13.1 Å². The van der Waals surface area contributed by atoms with Gasteiger partial charge in [0.2, 0.25) is 10.0 Å². The van der Waals surface area contributed by atoms with Gasteiger partial charge in [-0.25, -0.2) is 8.42 Å². The molecule has 1 heterocycles. The van der Waals surface area contributed by atoms with Crippen LogP contribution in [0, 0.1) is 0 Å². The summed E-state index contributed by atoms with van der Waals surface area (Å²) in [6, 6.07) is 14.3. The molecule has 5 rings (SSSR count). The minimum absolute atomic E-state index is 0.0515. The van der Waals surface area contributed by atoms with Gasteiger partial charge >= 0.3 is 0 Å². The van der Waals surface area contributed by atoms with Gasteiger partial charge < -0.3 is 10.2 Å². The number of hydrogen-bond acceptors (Lipinski definition) is 4. The lowest BCUT2D eigenvalue weighted by molar-refractivity contribution is 0.0729. The standard InChI is InChI=1S/C27H33N3O4S/c31-26(28-23-11-12-23)21-7-5-20(6-8-21)19-30(24-13-14-24)27(32)22-9-15-25(16-10-22)35(33,34)29-17-3-1-2-4-18-29/h5-10,15-16,23-24H,1-4,11-14,17-19H2,(H,28,31). The van der Waals surface area contributed by atoms with Crippen LogP contribution in [0.15, 0.2) is 53.4 Å². The summed E-state index contributed by atoms with van der Waals surface area (Å²) in [5.41, 5.74) is 2.09. The van der Waals surface area contributed by atoms with Gasteiger partial charge in [-0.1, -0.05) is 25.0 Å². The van der Waals surface area contributed by atoms with Gasteiger partial charge in [0.05, 0.1) is 4.90 Å². The Morgan fingerprint density at radius 2 is 1.43 bits per heavy atom. The van der Waals surface area contributed by atoms with Gasteiger partial charge in [-0.2, -0.15) is 4.31 Å². The lowest BCUT2D eigenvalue weighted by Crippen LogP contribution is -2.33. The van der Waals surface area contributed by atoms with Gasteiger partial charge in [-0.3, -0.25) is 9.59 Å². The lowest BCUT2D eigenvalue weighted by Gasteiger charge is -2.23. The van der Waals surface area contributed by atoms with Crippen molar-refractivity contribution in [2.24, 2.45) is 0 Å². The number of carbonyl (C=O) groups is 2. The van der Waals surface area contributed by atoms with Crippen LogP contribution in [-0.4, -0.2) is 54.6 Å². The van der Waals surface area contributed by atoms with Crippen molar-refractivity contribution in [3.8, 4) is 0 Å². The highest BCUT2D eigenvalue weighted by molar-refractivity contribution is 7.89. The molecule has 35 heavy (non-hydrogen) atoms. The molecule has 1 saturated heterocycles. The van der Waals surface area contributed by atoms with E-state index in [4.69, 9.17) is 0 Å². The number of carbonyl (C=O) groups excluding carboxylic acids is 2. The Bertz CT molecular complexity index is 1160. The smallest absolute Gasteiger partial charge is 0.254 e. The molecule has 2 saturated carbocycles. The first-order chi connectivity index (χ1) is 16.9. The van der Waals surface area contributed by atoms with Crippen LogP contribution in [0.2, 0.25) is 0 Å². The third-order valence-corrected chi connectivity index (χ3v) is 8.95. The summed E-state index contributed by atoms with van der Waals surface area (Å²) in [6.45, 7) is 1.57. The average Bonchev–Trinajstić information content (AvgIpc) is 3.76. The Kier molecular flexibility index (Phi) is 6.93. The Morgan fingerprint density at radius 1 is 0.829 bits per heavy atom. The highest BCUT2D eigenvalue weighted by Gasteiger charge is 2.33. The zero-order valence-electron chi connectivity index (χ0n) is 20.0. The molecule has 0 bridgehead atoms. The Morgan fingerprint density at radius 3 is 2.00 bits per heavy atom. The maximum atomic E-state index is 13.3. The largest absolute Gasteiger partial charge is 0.349 e. The first-order valence-electron chi connectivity index (χ1n) is 12.7. The van der Waals surface area contributed by atoms with E-state index in [0.717, 1.165) is 56.9 Å². The number of hydrogen-bond donors (Lipinski definition) is 1. The fraction of sp³-hybridized carbons (Fsp3) is 0.481. The van der Waals surface area contributed by atoms with E-state index >= 15 is 0 Å². The zero-order valence-corrected chi connectivity index (χ0v) is 20.8. The molecular formula is C27H33N3O4S. The summed E-state index contributed by atoms with van der Waals surface area (Å²) >= 11 is 0. The van der Waals surface area contributed by atoms with E-state index in [-0.39, 0.29) is 22.8 Å². The second-order valence-electron chi connectivity index (χ2n) is 9.95. The van der Waals surface area contributed by atoms with Gasteiger partial charge in [-0.15, -0.1) is 0 Å². The number of nitrogens with one attached hydrogen (secondary N) is 1. The summed E-state index contributed by atoms with van der Waals surface area (Å²) < 4.78 is 27.7. The summed E-state index contributed by atoms with van der Waals surface area (Å²) in [5, 5.41) is 2.99. The van der Waals surface area contributed by atoms with Crippen molar-refractivity contribution < 1.29 is 18.0 Å². The monoisotopic (exact) mass is 495 g/mol. The summed E-state index contributed by atoms with van der Waals surface area (Å²) in [4.78, 5) is 27.7. The van der Waals surface area contributed by atoms with Crippen LogP contribution in [0.25, 0.3) is 0 Å². The van der Waals surface area contributed by atoms with Gasteiger partial charge in [0, 0.05) is 42.8 Å². The molecule has 0 unspecified atom stereocenters. The molecule has 2 aromatic rings. The third-order valence-electron chi connectivity index (χ3n) is 7.03. The van der Waals surface area contributed by atoms with Crippen LogP contribution in [0.1, 0.15) is 77.6 Å². The second-order valence-corrected chi connectivity index (χ2v) is 11.9. The summed E-state index contributed by atoms with van der Waals surface area (Å²) in [5.74, 6) is -0.147. The van der Waals surface area contributed by atoms with Crippen molar-refractivity contribution in [1.29, 1.82) is 0 Å². The van der Waals surface area contributed by atoms with Gasteiger partial charge in [0.15, 0.2) is 0 Å². The van der Waals surface area contributed by atoms with Gasteiger partial charge in [-0.05, 0) is 80.5 Å². The molecule has 1 N–H and O–H groups in total. The SMILES string of the molecule is O=C(NC1CC1)c1ccc(CN(C(=O)c2ccc(S(=O)(=O)N3CCCCCC3)cc2)C2CC2)cc1. The van der Waals surface area contributed by atoms with Crippen LogP contribution in [0.4, 0.5) is 0 Å². The van der Waals surface area contributed by atoms with E-state index in [1.807, 2.05) is 29.2 Å². The van der Waals surface area contributed by atoms with Crippen LogP contribution < -0.4 is 5.32 Å². The molecule has 8 heteroatoms. The first kappa shape index (κ1) is 24.0. The highest BCUT2D eigenvalue weighted by atomic mass is 32.2. The van der Waals surface area contributed by atoms with E-state index in [1.165, 1.54) is 0 Å². The van der Waals surface area contributed by atoms with Crippen LogP contribution in [0.5, 0.6) is 0 Å². The van der Waals surface area contributed by atoms with E-state index < -0.39 is 10.0 Å². The highest BCUT2D eigenvalue weighted by Crippen LogP contribution is 2.30. The predicted molar refractivity (Wildman–Crippen MR) is 133 cm³/mol. The topological polar surface area (TPSA) is 86.8 Å². The van der Waals surface area contributed by atoms with Crippen LogP contribution in [-0.2, 0) is 16.6 Å². The van der Waals surface area contributed by atoms with Crippen LogP contribution >= 0.6 is 0 Å². The van der Waals surface area contributed by atoms with E-state index in [2.05, 4.69) is 5.32 Å². The first-order valence-corrected chi connectivity index (χ1v) is 14.2. The van der Waals surface area contributed by atoms with Gasteiger partial charge in [0.25, 0.3) is 11.8 Å². The summed E-state index contributed by atoms with van der Waals surface area (Å²) in [7, 11) is -3.54. The molecule has 3 fully saturated rings. The van der Waals surface area contributed by atoms with Crippen LogP contribution in [0.3, 0.4) is 0 Å². The van der Waals surface area contributed by atoms with Crippen molar-refractivity contribution >= 4 is 21.8 Å². The fourth-order valence-corrected chi connectivity index (χ4v) is 6.09. The fourth-order valence-electron chi connectivity index (χ4n) is 4.57. The van der Waals surface area contributed by atoms with Crippen molar-refractivity contribution in [1.82, 2.24) is 14.5 Å². The Labute approximate surface area is 207 Å². The Balaban J connectivity index is 1.26. The molecule has 2 aromatic carbocycles. The second kappa shape index (κ2) is 10.1. The predicted octanol–water partition coefficient (Wildman–Crippen LogP) is 3.95. The van der Waals surface area contributed by atoms with Crippen molar-refractivity contribution in [2.45, 2.75) is 74.9 Å². The van der Waals surface area contributed by atoms with Crippen molar-refractivity contribution in [3.63, 3.8) is 0 Å². The molecule has 0 aromatic heterocycles. The quantitative estimate of drug-likeness (QED) is 0.601. The molecular weight excluding hydrogens is 462 g/mol. The zero-order chi connectivity index (χ0) is 24.4. The lowest BCUT2D eigenvalue weighted by atomic mass is 10.1. The number of sulfonamides is 1.